The average molecular weight is 660 g/mol. The molecule has 0 radical (unpaired) electrons. The van der Waals surface area contributed by atoms with Gasteiger partial charge in [0, 0.05) is 17.2 Å². The lowest BCUT2D eigenvalue weighted by Gasteiger charge is -2.27. The van der Waals surface area contributed by atoms with Crippen LogP contribution in [0.5, 0.6) is 0 Å². The van der Waals surface area contributed by atoms with Crippen LogP contribution >= 0.6 is 0 Å². The van der Waals surface area contributed by atoms with Crippen LogP contribution in [0, 0.1) is 29.6 Å². The van der Waals surface area contributed by atoms with Gasteiger partial charge in [-0.2, -0.15) is 0 Å². The van der Waals surface area contributed by atoms with Gasteiger partial charge >= 0.3 is 0 Å². The highest BCUT2D eigenvalue weighted by atomic mass is 15.0. The van der Waals surface area contributed by atoms with Crippen LogP contribution in [0.25, 0.3) is 0 Å². The number of nitrogens with one attached hydrogen (secondary N) is 1. The highest BCUT2D eigenvalue weighted by Crippen LogP contribution is 2.33. The number of rotatable bonds is 16. The largest absolute Gasteiger partial charge is 0.384 e. The standard InChI is InChI=1S/C22H39N.C14H18.C9H18.C2H6/c1-9-11-12-13-14-15-21(10-2)17-16-18(3)19(4)20(5)23-22(6,7)8;1-10(2)11(3)14-8-12-6-4-5-7-13(12)9-14;1-7(2)6-9(5)8(3)4;1-2/h10,16-17,19,23H,3,5,9,11-15H2,1-2,4,6-8H3;4-7,11,14H,1,8-9H2,2-3H3;7,9H,3,6H2,1-2,4-5H3;1-2H3/b17-16-,21-10-;;;/t19-;;9-;/m1.1./s1. The minimum absolute atomic E-state index is 0.0440. The Morgan fingerprint density at radius 3 is 1.75 bits per heavy atom. The molecule has 1 nitrogen and oxygen atoms in total. The average Bonchev–Trinajstić information content (AvgIpc) is 3.46. The summed E-state index contributed by atoms with van der Waals surface area (Å²) >= 11 is 0. The Bertz CT molecular complexity index is 1090. The van der Waals surface area contributed by atoms with Crippen LogP contribution < -0.4 is 5.32 Å². The molecule has 0 spiro atoms. The van der Waals surface area contributed by atoms with E-state index in [1.807, 2.05) is 13.8 Å². The van der Waals surface area contributed by atoms with Crippen molar-refractivity contribution in [2.75, 3.05) is 0 Å². The molecule has 1 aromatic rings. The third-order valence-electron chi connectivity index (χ3n) is 9.30. The Kier molecular flexibility index (Phi) is 26.1. The van der Waals surface area contributed by atoms with Gasteiger partial charge in [-0.1, -0.05) is 167 Å². The number of hydrogen-bond acceptors (Lipinski definition) is 1. The van der Waals surface area contributed by atoms with E-state index in [2.05, 4.69) is 157 Å². The predicted molar refractivity (Wildman–Crippen MR) is 223 cm³/mol. The van der Waals surface area contributed by atoms with E-state index < -0.39 is 0 Å². The zero-order valence-electron chi connectivity index (χ0n) is 34.6. The first kappa shape index (κ1) is 47.6. The fourth-order valence-electron chi connectivity index (χ4n) is 5.69. The van der Waals surface area contributed by atoms with Crippen molar-refractivity contribution in [2.24, 2.45) is 29.6 Å². The van der Waals surface area contributed by atoms with E-state index in [0.717, 1.165) is 23.1 Å². The first-order chi connectivity index (χ1) is 22.4. The van der Waals surface area contributed by atoms with Gasteiger partial charge in [-0.05, 0) is 114 Å². The Morgan fingerprint density at radius 2 is 1.35 bits per heavy atom. The molecule has 0 saturated heterocycles. The van der Waals surface area contributed by atoms with Gasteiger partial charge in [0.25, 0.3) is 0 Å². The minimum Gasteiger partial charge on any atom is -0.384 e. The lowest BCUT2D eigenvalue weighted by Crippen LogP contribution is -2.36. The maximum absolute atomic E-state index is 4.22. The Hall–Kier alpha value is -2.54. The third-order valence-corrected chi connectivity index (χ3v) is 9.30. The van der Waals surface area contributed by atoms with E-state index in [0.29, 0.717) is 11.8 Å². The van der Waals surface area contributed by atoms with E-state index in [-0.39, 0.29) is 11.5 Å². The Morgan fingerprint density at radius 1 is 0.833 bits per heavy atom. The molecule has 0 heterocycles. The molecule has 1 heteroatoms. The second kappa shape index (κ2) is 26.3. The summed E-state index contributed by atoms with van der Waals surface area (Å²) in [5, 5.41) is 3.45. The molecular weight excluding hydrogens is 579 g/mol. The molecule has 1 aromatic carbocycles. The molecular formula is C47H81N. The minimum atomic E-state index is 0.0440. The van der Waals surface area contributed by atoms with Gasteiger partial charge in [0.2, 0.25) is 0 Å². The predicted octanol–water partition coefficient (Wildman–Crippen LogP) is 14.8. The third kappa shape index (κ3) is 22.2. The number of hydrogen-bond donors (Lipinski definition) is 1. The fraction of sp³-hybridized carbons (Fsp3) is 0.617. The molecule has 0 aliphatic heterocycles. The second-order valence-corrected chi connectivity index (χ2v) is 15.5. The lowest BCUT2D eigenvalue weighted by atomic mass is 9.87. The van der Waals surface area contributed by atoms with Crippen LogP contribution in [0.4, 0.5) is 0 Å². The van der Waals surface area contributed by atoms with Gasteiger partial charge in [-0.25, -0.2) is 0 Å². The second-order valence-electron chi connectivity index (χ2n) is 15.5. The molecule has 0 fully saturated rings. The zero-order valence-corrected chi connectivity index (χ0v) is 34.6. The van der Waals surface area contributed by atoms with Crippen molar-refractivity contribution < 1.29 is 0 Å². The van der Waals surface area contributed by atoms with Crippen molar-refractivity contribution in [3.05, 3.63) is 108 Å². The van der Waals surface area contributed by atoms with E-state index in [1.54, 1.807) is 11.1 Å². The number of unbranched alkanes of at least 4 members (excludes halogenated alkanes) is 4. The van der Waals surface area contributed by atoms with Gasteiger partial charge in [0.05, 0.1) is 0 Å². The maximum atomic E-state index is 4.22. The van der Waals surface area contributed by atoms with Crippen molar-refractivity contribution in [2.45, 2.75) is 160 Å². The van der Waals surface area contributed by atoms with Crippen LogP contribution in [-0.4, -0.2) is 5.54 Å². The van der Waals surface area contributed by atoms with Crippen molar-refractivity contribution in [1.82, 2.24) is 5.32 Å². The van der Waals surface area contributed by atoms with E-state index in [4.69, 9.17) is 0 Å². The topological polar surface area (TPSA) is 12.0 Å². The Balaban J connectivity index is 0. The van der Waals surface area contributed by atoms with Crippen molar-refractivity contribution >= 4 is 0 Å². The molecule has 1 unspecified atom stereocenters. The molecule has 1 aliphatic carbocycles. The van der Waals surface area contributed by atoms with E-state index in [1.165, 1.54) is 74.5 Å². The highest BCUT2D eigenvalue weighted by molar-refractivity contribution is 5.33. The monoisotopic (exact) mass is 660 g/mol. The van der Waals surface area contributed by atoms with Crippen molar-refractivity contribution in [3.8, 4) is 0 Å². The lowest BCUT2D eigenvalue weighted by molar-refractivity contribution is 0.425. The molecule has 274 valence electrons. The summed E-state index contributed by atoms with van der Waals surface area (Å²) in [6.45, 7) is 46.6. The van der Waals surface area contributed by atoms with Crippen LogP contribution in [0.1, 0.15) is 153 Å². The zero-order chi connectivity index (χ0) is 37.4. The van der Waals surface area contributed by atoms with Gasteiger partial charge in [-0.15, -0.1) is 0 Å². The smallest absolute Gasteiger partial charge is 0.0286 e. The van der Waals surface area contributed by atoms with Crippen LogP contribution in [0.3, 0.4) is 0 Å². The van der Waals surface area contributed by atoms with Crippen LogP contribution in [0.2, 0.25) is 0 Å². The van der Waals surface area contributed by atoms with E-state index >= 15 is 0 Å². The summed E-state index contributed by atoms with van der Waals surface area (Å²) in [6, 6.07) is 8.82. The molecule has 1 N–H and O–H groups in total. The van der Waals surface area contributed by atoms with Gasteiger partial charge in [0.15, 0.2) is 0 Å². The van der Waals surface area contributed by atoms with Crippen LogP contribution in [-0.2, 0) is 12.8 Å². The maximum Gasteiger partial charge on any atom is 0.0286 e. The molecule has 0 amide bonds. The van der Waals surface area contributed by atoms with E-state index in [9.17, 15) is 0 Å². The van der Waals surface area contributed by atoms with Crippen molar-refractivity contribution in [3.63, 3.8) is 0 Å². The number of fused-ring (bicyclic) bond motifs is 1. The number of allylic oxidation sites excluding steroid dienone is 7. The normalized spacial score (nSPS) is 14.7. The molecule has 1 aliphatic rings. The summed E-state index contributed by atoms with van der Waals surface area (Å²) in [4.78, 5) is 0. The van der Waals surface area contributed by atoms with Crippen molar-refractivity contribution in [1.29, 1.82) is 0 Å². The van der Waals surface area contributed by atoms with Gasteiger partial charge in [-0.3, -0.25) is 0 Å². The first-order valence-corrected chi connectivity index (χ1v) is 19.3. The molecule has 3 atom stereocenters. The SMILES string of the molecule is C=C(/C=C\C(=C/C)CCCCCCC)[C@@H](C)C(=C)NC(C)(C)C.C=C(C)C(C)C1Cc2ccccc2C1.C=C(C)[C@H](C)CC(C)C.CC. The molecule has 48 heavy (non-hydrogen) atoms. The fourth-order valence-corrected chi connectivity index (χ4v) is 5.69. The summed E-state index contributed by atoms with van der Waals surface area (Å²) in [5.74, 6) is 3.18. The molecule has 0 saturated carbocycles. The summed E-state index contributed by atoms with van der Waals surface area (Å²) in [6.07, 6.45) is 18.2. The first-order valence-electron chi connectivity index (χ1n) is 19.3. The molecule has 2 rings (SSSR count). The highest BCUT2D eigenvalue weighted by Gasteiger charge is 2.25. The van der Waals surface area contributed by atoms with Gasteiger partial charge in [0.1, 0.15) is 0 Å². The van der Waals surface area contributed by atoms with Gasteiger partial charge < -0.3 is 5.32 Å². The molecule has 0 aromatic heterocycles. The van der Waals surface area contributed by atoms with Crippen LogP contribution in [0.15, 0.2) is 96.8 Å². The number of benzene rings is 1. The summed E-state index contributed by atoms with van der Waals surface area (Å²) < 4.78 is 0. The quantitative estimate of drug-likeness (QED) is 0.106. The summed E-state index contributed by atoms with van der Waals surface area (Å²) in [7, 11) is 0. The molecule has 0 bridgehead atoms. The Labute approximate surface area is 302 Å². The summed E-state index contributed by atoms with van der Waals surface area (Å²) in [5.41, 5.74) is 9.32.